The van der Waals surface area contributed by atoms with Gasteiger partial charge in [0.15, 0.2) is 0 Å². The second kappa shape index (κ2) is 2.55. The standard InChI is InChI=1S/C9H13NOS/c1-6-4-8-7(2-3-12-8)9(6,10)5-11/h2-3,6,11H,4-5,10H2,1H3. The Morgan fingerprint density at radius 1 is 1.83 bits per heavy atom. The third-order valence-electron chi connectivity index (χ3n) is 2.88. The number of rotatable bonds is 1. The van der Waals surface area contributed by atoms with Crippen molar-refractivity contribution in [3.63, 3.8) is 0 Å². The van der Waals surface area contributed by atoms with Gasteiger partial charge in [0.1, 0.15) is 0 Å². The molecule has 1 aliphatic carbocycles. The number of aliphatic hydroxyl groups is 1. The molecule has 1 aromatic rings. The van der Waals surface area contributed by atoms with Gasteiger partial charge in [0.2, 0.25) is 0 Å². The molecule has 1 heterocycles. The van der Waals surface area contributed by atoms with Crippen LogP contribution in [0.2, 0.25) is 0 Å². The average molecular weight is 183 g/mol. The number of hydrogen-bond acceptors (Lipinski definition) is 3. The van der Waals surface area contributed by atoms with E-state index in [0.29, 0.717) is 5.92 Å². The molecule has 0 spiro atoms. The van der Waals surface area contributed by atoms with Gasteiger partial charge >= 0.3 is 0 Å². The van der Waals surface area contributed by atoms with Crippen molar-refractivity contribution in [1.82, 2.24) is 0 Å². The topological polar surface area (TPSA) is 46.2 Å². The van der Waals surface area contributed by atoms with Crippen molar-refractivity contribution in [3.8, 4) is 0 Å². The molecule has 0 bridgehead atoms. The molecule has 0 saturated carbocycles. The van der Waals surface area contributed by atoms with Crippen LogP contribution in [0.5, 0.6) is 0 Å². The lowest BCUT2D eigenvalue weighted by atomic mass is 9.87. The molecule has 3 N–H and O–H groups in total. The summed E-state index contributed by atoms with van der Waals surface area (Å²) in [7, 11) is 0. The predicted molar refractivity (Wildman–Crippen MR) is 50.1 cm³/mol. The van der Waals surface area contributed by atoms with Gasteiger partial charge in [-0.25, -0.2) is 0 Å². The van der Waals surface area contributed by atoms with Crippen LogP contribution in [0.4, 0.5) is 0 Å². The Kier molecular flexibility index (Phi) is 1.75. The van der Waals surface area contributed by atoms with Crippen molar-refractivity contribution in [2.24, 2.45) is 11.7 Å². The molecule has 0 radical (unpaired) electrons. The van der Waals surface area contributed by atoms with Crippen LogP contribution in [-0.2, 0) is 12.0 Å². The molecule has 0 fully saturated rings. The molecule has 1 aliphatic rings. The molecule has 3 heteroatoms. The summed E-state index contributed by atoms with van der Waals surface area (Å²) in [5, 5.41) is 11.3. The largest absolute Gasteiger partial charge is 0.394 e. The van der Waals surface area contributed by atoms with Gasteiger partial charge in [-0.05, 0) is 29.3 Å². The number of thiophene rings is 1. The smallest absolute Gasteiger partial charge is 0.0684 e. The van der Waals surface area contributed by atoms with Crippen molar-refractivity contribution in [2.75, 3.05) is 6.61 Å². The molecule has 0 amide bonds. The van der Waals surface area contributed by atoms with E-state index in [1.807, 2.05) is 11.4 Å². The lowest BCUT2D eigenvalue weighted by Crippen LogP contribution is -2.43. The summed E-state index contributed by atoms with van der Waals surface area (Å²) in [5.74, 6) is 0.366. The van der Waals surface area contributed by atoms with E-state index < -0.39 is 5.54 Å². The Labute approximate surface area is 76.0 Å². The highest BCUT2D eigenvalue weighted by atomic mass is 32.1. The quantitative estimate of drug-likeness (QED) is 0.684. The molecule has 0 saturated heterocycles. The summed E-state index contributed by atoms with van der Waals surface area (Å²) < 4.78 is 0. The van der Waals surface area contributed by atoms with Gasteiger partial charge in [-0.3, -0.25) is 0 Å². The van der Waals surface area contributed by atoms with Crippen LogP contribution in [0.3, 0.4) is 0 Å². The summed E-state index contributed by atoms with van der Waals surface area (Å²) in [6.45, 7) is 2.15. The van der Waals surface area contributed by atoms with Gasteiger partial charge < -0.3 is 10.8 Å². The molecule has 66 valence electrons. The first-order chi connectivity index (χ1) is 5.68. The maximum atomic E-state index is 9.24. The molecule has 0 aromatic carbocycles. The van der Waals surface area contributed by atoms with Gasteiger partial charge in [0.05, 0.1) is 12.1 Å². The van der Waals surface area contributed by atoms with E-state index in [2.05, 4.69) is 6.92 Å². The van der Waals surface area contributed by atoms with Gasteiger partial charge in [-0.15, -0.1) is 11.3 Å². The highest BCUT2D eigenvalue weighted by Gasteiger charge is 2.41. The van der Waals surface area contributed by atoms with Crippen LogP contribution < -0.4 is 5.73 Å². The van der Waals surface area contributed by atoms with Gasteiger partial charge in [-0.2, -0.15) is 0 Å². The molecule has 2 nitrogen and oxygen atoms in total. The van der Waals surface area contributed by atoms with Crippen LogP contribution in [0.15, 0.2) is 11.4 Å². The van der Waals surface area contributed by atoms with Crippen molar-refractivity contribution in [3.05, 3.63) is 21.9 Å². The van der Waals surface area contributed by atoms with Crippen LogP contribution in [0, 0.1) is 5.92 Å². The summed E-state index contributed by atoms with van der Waals surface area (Å²) in [6.07, 6.45) is 1.02. The zero-order chi connectivity index (χ0) is 8.77. The minimum atomic E-state index is -0.477. The molecule has 1 aromatic heterocycles. The van der Waals surface area contributed by atoms with Crippen LogP contribution >= 0.6 is 11.3 Å². The third kappa shape index (κ3) is 0.873. The Morgan fingerprint density at radius 2 is 2.58 bits per heavy atom. The summed E-state index contributed by atoms with van der Waals surface area (Å²) in [4.78, 5) is 1.35. The molecular weight excluding hydrogens is 170 g/mol. The third-order valence-corrected chi connectivity index (χ3v) is 3.82. The first-order valence-corrected chi connectivity index (χ1v) is 5.03. The Morgan fingerprint density at radius 3 is 3.25 bits per heavy atom. The molecule has 12 heavy (non-hydrogen) atoms. The number of nitrogens with two attached hydrogens (primary N) is 1. The van der Waals surface area contributed by atoms with E-state index in [4.69, 9.17) is 5.73 Å². The molecule has 2 atom stereocenters. The number of fused-ring (bicyclic) bond motifs is 1. The summed E-state index contributed by atoms with van der Waals surface area (Å²) in [6, 6.07) is 2.04. The number of aliphatic hydroxyl groups excluding tert-OH is 1. The predicted octanol–water partition coefficient (Wildman–Crippen LogP) is 1.09. The molecular formula is C9H13NOS. The average Bonchev–Trinajstić information content (AvgIpc) is 2.57. The van der Waals surface area contributed by atoms with Crippen molar-refractivity contribution < 1.29 is 5.11 Å². The van der Waals surface area contributed by atoms with E-state index in [1.165, 1.54) is 4.88 Å². The molecule has 0 aliphatic heterocycles. The summed E-state index contributed by atoms with van der Waals surface area (Å²) in [5.41, 5.74) is 6.79. The van der Waals surface area contributed by atoms with E-state index in [0.717, 1.165) is 12.0 Å². The Hall–Kier alpha value is -0.380. The zero-order valence-corrected chi connectivity index (χ0v) is 7.90. The van der Waals surface area contributed by atoms with Crippen LogP contribution in [0.1, 0.15) is 17.4 Å². The maximum absolute atomic E-state index is 9.24. The van der Waals surface area contributed by atoms with Gasteiger partial charge in [-0.1, -0.05) is 6.92 Å². The van der Waals surface area contributed by atoms with Crippen LogP contribution in [-0.4, -0.2) is 11.7 Å². The van der Waals surface area contributed by atoms with Gasteiger partial charge in [0, 0.05) is 4.88 Å². The summed E-state index contributed by atoms with van der Waals surface area (Å²) >= 11 is 1.74. The van der Waals surface area contributed by atoms with Crippen LogP contribution in [0.25, 0.3) is 0 Å². The van der Waals surface area contributed by atoms with E-state index in [1.54, 1.807) is 11.3 Å². The lowest BCUT2D eigenvalue weighted by Gasteiger charge is -2.27. The lowest BCUT2D eigenvalue weighted by molar-refractivity contribution is 0.159. The SMILES string of the molecule is CC1Cc2sccc2C1(N)CO. The van der Waals surface area contributed by atoms with Crippen molar-refractivity contribution >= 4 is 11.3 Å². The normalized spacial score (nSPS) is 33.8. The van der Waals surface area contributed by atoms with Crippen molar-refractivity contribution in [2.45, 2.75) is 18.9 Å². The Balaban J connectivity index is 2.48. The minimum Gasteiger partial charge on any atom is -0.394 e. The maximum Gasteiger partial charge on any atom is 0.0684 e. The first kappa shape index (κ1) is 8.23. The van der Waals surface area contributed by atoms with Gasteiger partial charge in [0.25, 0.3) is 0 Å². The second-order valence-corrected chi connectivity index (χ2v) is 4.56. The van der Waals surface area contributed by atoms with E-state index in [9.17, 15) is 5.11 Å². The van der Waals surface area contributed by atoms with E-state index in [-0.39, 0.29) is 6.61 Å². The Bertz CT molecular complexity index is 296. The number of hydrogen-bond donors (Lipinski definition) is 2. The highest BCUT2D eigenvalue weighted by molar-refractivity contribution is 7.10. The monoisotopic (exact) mass is 183 g/mol. The minimum absolute atomic E-state index is 0.0535. The molecule has 2 unspecified atom stereocenters. The zero-order valence-electron chi connectivity index (χ0n) is 7.08. The fraction of sp³-hybridized carbons (Fsp3) is 0.556. The fourth-order valence-electron chi connectivity index (χ4n) is 1.88. The second-order valence-electron chi connectivity index (χ2n) is 3.56. The van der Waals surface area contributed by atoms with E-state index >= 15 is 0 Å². The first-order valence-electron chi connectivity index (χ1n) is 4.15. The van der Waals surface area contributed by atoms with Crippen molar-refractivity contribution in [1.29, 1.82) is 0 Å². The molecule has 2 rings (SSSR count). The fourth-order valence-corrected chi connectivity index (χ4v) is 2.98. The highest BCUT2D eigenvalue weighted by Crippen LogP contribution is 2.41.